The predicted molar refractivity (Wildman–Crippen MR) is 120 cm³/mol. The monoisotopic (exact) mass is 442 g/mol. The number of hydrogen-bond acceptors (Lipinski definition) is 8. The van der Waals surface area contributed by atoms with E-state index in [2.05, 4.69) is 38.0 Å². The van der Waals surface area contributed by atoms with Crippen LogP contribution in [0, 0.1) is 0 Å². The van der Waals surface area contributed by atoms with Crippen molar-refractivity contribution in [2.45, 2.75) is 70.6 Å². The molecule has 29 heavy (non-hydrogen) atoms. The van der Waals surface area contributed by atoms with Crippen molar-refractivity contribution in [2.24, 2.45) is 0 Å². The van der Waals surface area contributed by atoms with Crippen LogP contribution in [0.4, 0.5) is 0 Å². The lowest BCUT2D eigenvalue weighted by Gasteiger charge is -2.22. The molecule has 0 atom stereocenters. The van der Waals surface area contributed by atoms with Crippen molar-refractivity contribution < 1.29 is 19.3 Å². The molecule has 0 aliphatic rings. The fraction of sp³-hybridized carbons (Fsp3) is 0.714. The van der Waals surface area contributed by atoms with E-state index in [1.807, 2.05) is 23.5 Å². The maximum absolute atomic E-state index is 9.72. The molecular formula is C21H34N2O4S2. The molecule has 0 amide bonds. The molecule has 0 aliphatic heterocycles. The Kier molecular flexibility index (Phi) is 9.27. The summed E-state index contributed by atoms with van der Waals surface area (Å²) in [5.74, 6) is 4.67. The van der Waals surface area contributed by atoms with Crippen molar-refractivity contribution in [3.8, 4) is 11.8 Å². The van der Waals surface area contributed by atoms with Crippen molar-refractivity contribution in [3.63, 3.8) is 0 Å². The molecule has 2 heterocycles. The lowest BCUT2D eigenvalue weighted by Crippen LogP contribution is -2.16. The largest absolute Gasteiger partial charge is 0.491 e. The van der Waals surface area contributed by atoms with Gasteiger partial charge in [-0.3, -0.25) is 0 Å². The van der Waals surface area contributed by atoms with E-state index in [0.717, 1.165) is 48.3 Å². The van der Waals surface area contributed by atoms with Crippen LogP contribution in [-0.4, -0.2) is 43.5 Å². The third-order valence-corrected chi connectivity index (χ3v) is 7.63. The fourth-order valence-electron chi connectivity index (χ4n) is 3.35. The van der Waals surface area contributed by atoms with Gasteiger partial charge in [0.15, 0.2) is 0 Å². The van der Waals surface area contributed by atoms with Crippen LogP contribution in [0.2, 0.25) is 0 Å². The van der Waals surface area contributed by atoms with Gasteiger partial charge in [-0.25, -0.2) is 0 Å². The zero-order chi connectivity index (χ0) is 21.3. The number of nitrogens with zero attached hydrogens (tertiary/aromatic N) is 2. The maximum Gasteiger partial charge on any atom is 0.255 e. The molecule has 2 aromatic rings. The molecule has 0 aliphatic carbocycles. The molecule has 2 aromatic heterocycles. The molecule has 0 aromatic carbocycles. The molecule has 2 N–H and O–H groups in total. The van der Waals surface area contributed by atoms with E-state index in [0.29, 0.717) is 0 Å². The Hall–Kier alpha value is -1.28. The second-order valence-corrected chi connectivity index (χ2v) is 11.1. The minimum absolute atomic E-state index is 0.0151. The van der Waals surface area contributed by atoms with Crippen molar-refractivity contribution in [3.05, 3.63) is 23.7 Å². The van der Waals surface area contributed by atoms with Crippen LogP contribution >= 0.6 is 23.5 Å². The van der Waals surface area contributed by atoms with Crippen LogP contribution in [0.3, 0.4) is 0 Å². The second kappa shape index (κ2) is 11.2. The highest BCUT2D eigenvalue weighted by atomic mass is 32.2. The highest BCUT2D eigenvalue weighted by molar-refractivity contribution is 8.00. The maximum atomic E-state index is 9.72. The van der Waals surface area contributed by atoms with E-state index in [9.17, 15) is 10.2 Å². The highest BCUT2D eigenvalue weighted by Crippen LogP contribution is 2.35. The summed E-state index contributed by atoms with van der Waals surface area (Å²) < 4.78 is 9.70. The molecule has 0 saturated carbocycles. The van der Waals surface area contributed by atoms with Gasteiger partial charge in [0.05, 0.1) is 11.1 Å². The van der Waals surface area contributed by atoms with E-state index in [1.54, 1.807) is 12.5 Å². The average Bonchev–Trinajstić information content (AvgIpc) is 3.28. The molecule has 0 bridgehead atoms. The number of hydrogen-bond donors (Lipinski definition) is 2. The Morgan fingerprint density at radius 2 is 1.10 bits per heavy atom. The molecule has 0 radical (unpaired) electrons. The molecule has 0 fully saturated rings. The lowest BCUT2D eigenvalue weighted by atomic mass is 9.82. The number of aromatic nitrogens is 2. The molecule has 2 rings (SSSR count). The lowest BCUT2D eigenvalue weighted by molar-refractivity contribution is 0.357. The van der Waals surface area contributed by atoms with Crippen LogP contribution in [0.1, 0.15) is 70.9 Å². The molecular weight excluding hydrogens is 408 g/mol. The minimum atomic E-state index is -0.114. The first-order valence-electron chi connectivity index (χ1n) is 10.2. The van der Waals surface area contributed by atoms with Crippen LogP contribution in [0.15, 0.2) is 21.6 Å². The predicted octanol–water partition coefficient (Wildman–Crippen LogP) is 5.75. The Labute approximate surface area is 182 Å². The van der Waals surface area contributed by atoms with E-state index < -0.39 is 0 Å². The van der Waals surface area contributed by atoms with Gasteiger partial charge in [-0.1, -0.05) is 27.7 Å². The SMILES string of the molecule is CC(C)(CCCSCCCSCCCC(C)(C)c1conc1O)c1conc1O. The quantitative estimate of drug-likeness (QED) is 0.357. The number of thioether (sulfide) groups is 2. The Morgan fingerprint density at radius 3 is 1.45 bits per heavy atom. The fourth-order valence-corrected chi connectivity index (χ4v) is 5.34. The van der Waals surface area contributed by atoms with Gasteiger partial charge in [0, 0.05) is 0 Å². The van der Waals surface area contributed by atoms with Gasteiger partial charge in [0.2, 0.25) is 0 Å². The third-order valence-electron chi connectivity index (χ3n) is 5.32. The smallest absolute Gasteiger partial charge is 0.255 e. The molecule has 164 valence electrons. The first kappa shape index (κ1) is 24.0. The van der Waals surface area contributed by atoms with E-state index >= 15 is 0 Å². The van der Waals surface area contributed by atoms with Gasteiger partial charge < -0.3 is 19.3 Å². The molecule has 0 unspecified atom stereocenters. The molecule has 0 saturated heterocycles. The van der Waals surface area contributed by atoms with Crippen molar-refractivity contribution in [1.29, 1.82) is 0 Å². The highest BCUT2D eigenvalue weighted by Gasteiger charge is 2.27. The van der Waals surface area contributed by atoms with Gasteiger partial charge in [-0.05, 0) is 76.3 Å². The van der Waals surface area contributed by atoms with Crippen LogP contribution in [0.25, 0.3) is 0 Å². The summed E-state index contributed by atoms with van der Waals surface area (Å²) >= 11 is 4.01. The van der Waals surface area contributed by atoms with E-state index in [4.69, 9.17) is 9.05 Å². The zero-order valence-corrected chi connectivity index (χ0v) is 19.6. The van der Waals surface area contributed by atoms with Crippen LogP contribution in [0.5, 0.6) is 11.8 Å². The van der Waals surface area contributed by atoms with Gasteiger partial charge in [0.1, 0.15) is 12.5 Å². The topological polar surface area (TPSA) is 92.5 Å². The van der Waals surface area contributed by atoms with Gasteiger partial charge in [-0.15, -0.1) is 0 Å². The summed E-state index contributed by atoms with van der Waals surface area (Å²) in [6.45, 7) is 8.47. The summed E-state index contributed by atoms with van der Waals surface area (Å²) in [6.07, 6.45) is 8.55. The van der Waals surface area contributed by atoms with E-state index in [1.165, 1.54) is 17.9 Å². The average molecular weight is 443 g/mol. The number of aromatic hydroxyl groups is 2. The zero-order valence-electron chi connectivity index (χ0n) is 17.9. The molecule has 8 heteroatoms. The second-order valence-electron chi connectivity index (χ2n) is 8.66. The first-order chi connectivity index (χ1) is 13.7. The molecule has 0 spiro atoms. The number of rotatable bonds is 14. The van der Waals surface area contributed by atoms with Crippen LogP contribution in [-0.2, 0) is 10.8 Å². The normalized spacial score (nSPS) is 12.6. The van der Waals surface area contributed by atoms with Crippen LogP contribution < -0.4 is 0 Å². The summed E-state index contributed by atoms with van der Waals surface area (Å²) in [5.41, 5.74) is 1.36. The standard InChI is InChI=1S/C21H34N2O4S2/c1-20(2,16-14-26-22-18(16)24)8-5-10-28-12-7-13-29-11-6-9-21(3,4)17-15-27-23-19(17)25/h14-15H,5-13H2,1-4H3,(H,22,24)(H,23,25). The van der Waals surface area contributed by atoms with Gasteiger partial charge in [-0.2, -0.15) is 23.5 Å². The third kappa shape index (κ3) is 7.48. The summed E-state index contributed by atoms with van der Waals surface area (Å²) in [6, 6.07) is 0. The summed E-state index contributed by atoms with van der Waals surface area (Å²) in [5, 5.41) is 26.6. The molecule has 6 nitrogen and oxygen atoms in total. The first-order valence-corrected chi connectivity index (χ1v) is 12.5. The van der Waals surface area contributed by atoms with Crippen molar-refractivity contribution >= 4 is 23.5 Å². The Morgan fingerprint density at radius 1 is 0.724 bits per heavy atom. The Balaban J connectivity index is 1.46. The Bertz CT molecular complexity index is 668. The summed E-state index contributed by atoms with van der Waals surface area (Å²) in [7, 11) is 0. The minimum Gasteiger partial charge on any atom is -0.491 e. The summed E-state index contributed by atoms with van der Waals surface area (Å²) in [4.78, 5) is 0. The van der Waals surface area contributed by atoms with Gasteiger partial charge in [0.25, 0.3) is 11.8 Å². The van der Waals surface area contributed by atoms with Gasteiger partial charge >= 0.3 is 0 Å². The van der Waals surface area contributed by atoms with Crippen molar-refractivity contribution in [1.82, 2.24) is 10.3 Å². The van der Waals surface area contributed by atoms with E-state index in [-0.39, 0.29) is 22.6 Å². The van der Waals surface area contributed by atoms with Crippen molar-refractivity contribution in [2.75, 3.05) is 23.0 Å².